The van der Waals surface area contributed by atoms with Gasteiger partial charge in [0.05, 0.1) is 16.6 Å². The van der Waals surface area contributed by atoms with E-state index in [1.54, 1.807) is 4.68 Å². The van der Waals surface area contributed by atoms with Crippen molar-refractivity contribution in [1.29, 1.82) is 0 Å². The van der Waals surface area contributed by atoms with Crippen molar-refractivity contribution in [3.8, 4) is 0 Å². The highest BCUT2D eigenvalue weighted by Gasteiger charge is 2.28. The molecule has 142 valence electrons. The molecule has 3 aromatic heterocycles. The number of hydrogen-bond donors (Lipinski definition) is 2. The molecule has 6 heteroatoms. The number of aromatic nitrogens is 4. The molecule has 1 amide bonds. The van der Waals surface area contributed by atoms with E-state index < -0.39 is 0 Å². The van der Waals surface area contributed by atoms with E-state index in [4.69, 9.17) is 4.98 Å². The largest absolute Gasteiger partial charge is 0.361 e. The second-order valence-corrected chi connectivity index (χ2v) is 7.64. The van der Waals surface area contributed by atoms with Gasteiger partial charge in [-0.05, 0) is 43.9 Å². The molecule has 1 fully saturated rings. The zero-order valence-electron chi connectivity index (χ0n) is 16.1. The number of carbonyl (C=O) groups excluding carboxylic acids is 1. The number of carbonyl (C=O) groups is 1. The van der Waals surface area contributed by atoms with Crippen LogP contribution >= 0.6 is 0 Å². The van der Waals surface area contributed by atoms with Gasteiger partial charge in [-0.25, -0.2) is 4.98 Å². The van der Waals surface area contributed by atoms with Gasteiger partial charge in [-0.15, -0.1) is 0 Å². The summed E-state index contributed by atoms with van der Waals surface area (Å²) < 4.78 is 1.78. The van der Waals surface area contributed by atoms with Crippen molar-refractivity contribution < 1.29 is 4.79 Å². The topological polar surface area (TPSA) is 75.6 Å². The summed E-state index contributed by atoms with van der Waals surface area (Å²) in [5.74, 6) is 0.433. The number of fused-ring (bicyclic) bond motifs is 2. The van der Waals surface area contributed by atoms with Crippen LogP contribution < -0.4 is 5.32 Å². The molecule has 0 saturated heterocycles. The number of aromatic amines is 1. The number of para-hydroxylation sites is 1. The molecule has 3 heterocycles. The lowest BCUT2D eigenvalue weighted by Crippen LogP contribution is -2.26. The van der Waals surface area contributed by atoms with E-state index in [1.807, 2.05) is 38.4 Å². The molecule has 0 spiro atoms. The quantitative estimate of drug-likeness (QED) is 0.561. The van der Waals surface area contributed by atoms with E-state index in [-0.39, 0.29) is 5.91 Å². The maximum atomic E-state index is 13.0. The Morgan fingerprint density at radius 2 is 2.14 bits per heavy atom. The highest BCUT2D eigenvalue weighted by Crippen LogP contribution is 2.40. The van der Waals surface area contributed by atoms with Gasteiger partial charge in [-0.3, -0.25) is 9.48 Å². The summed E-state index contributed by atoms with van der Waals surface area (Å²) in [5.41, 5.74) is 5.68. The molecular formula is C22H23N5O. The normalized spacial score (nSPS) is 14.1. The molecule has 1 aliphatic carbocycles. The summed E-state index contributed by atoms with van der Waals surface area (Å²) >= 11 is 0. The molecule has 2 N–H and O–H groups in total. The fraction of sp³-hybridized carbons (Fsp3) is 0.318. The van der Waals surface area contributed by atoms with Crippen molar-refractivity contribution in [2.24, 2.45) is 7.05 Å². The lowest BCUT2D eigenvalue weighted by atomic mass is 10.1. The van der Waals surface area contributed by atoms with Crippen molar-refractivity contribution in [3.63, 3.8) is 0 Å². The first kappa shape index (κ1) is 17.0. The summed E-state index contributed by atoms with van der Waals surface area (Å²) in [6, 6.07) is 10.2. The Kier molecular flexibility index (Phi) is 3.93. The van der Waals surface area contributed by atoms with Crippen LogP contribution in [0.4, 0.5) is 0 Å². The molecule has 0 bridgehead atoms. The van der Waals surface area contributed by atoms with Crippen molar-refractivity contribution in [2.45, 2.75) is 32.1 Å². The maximum absolute atomic E-state index is 13.0. The molecule has 28 heavy (non-hydrogen) atoms. The van der Waals surface area contributed by atoms with Crippen LogP contribution in [0.5, 0.6) is 0 Å². The third-order valence-electron chi connectivity index (χ3n) is 5.58. The number of aryl methyl sites for hydroxylation is 2. The standard InChI is InChI=1S/C22H23N5O/c1-13-20-17(11-19(14-7-8-14)25-21(20)27(2)26-13)22(28)23-10-9-15-12-24-18-6-4-3-5-16(15)18/h3-6,11-12,14,24H,7-10H2,1-2H3,(H,23,28). The minimum Gasteiger partial charge on any atom is -0.361 e. The van der Waals surface area contributed by atoms with E-state index in [0.717, 1.165) is 47.2 Å². The smallest absolute Gasteiger partial charge is 0.252 e. The molecule has 4 aromatic rings. The van der Waals surface area contributed by atoms with Crippen LogP contribution in [0, 0.1) is 6.92 Å². The number of H-pyrrole nitrogens is 1. The molecule has 6 nitrogen and oxygen atoms in total. The summed E-state index contributed by atoms with van der Waals surface area (Å²) in [4.78, 5) is 21.1. The highest BCUT2D eigenvalue weighted by atomic mass is 16.1. The fourth-order valence-corrected chi connectivity index (χ4v) is 3.98. The fourth-order valence-electron chi connectivity index (χ4n) is 3.98. The number of pyridine rings is 1. The third kappa shape index (κ3) is 2.85. The molecule has 5 rings (SSSR count). The average molecular weight is 373 g/mol. The zero-order valence-corrected chi connectivity index (χ0v) is 16.1. The highest BCUT2D eigenvalue weighted by molar-refractivity contribution is 6.06. The Bertz CT molecular complexity index is 1200. The van der Waals surface area contributed by atoms with E-state index in [1.165, 1.54) is 10.9 Å². The maximum Gasteiger partial charge on any atom is 0.252 e. The minimum atomic E-state index is -0.0507. The molecule has 0 radical (unpaired) electrons. The Labute approximate surface area is 163 Å². The third-order valence-corrected chi connectivity index (χ3v) is 5.58. The average Bonchev–Trinajstić information content (AvgIpc) is 3.41. The van der Waals surface area contributed by atoms with Crippen LogP contribution in [0.25, 0.3) is 21.9 Å². The molecule has 0 aliphatic heterocycles. The first-order valence-corrected chi connectivity index (χ1v) is 9.79. The van der Waals surface area contributed by atoms with Gasteiger partial charge < -0.3 is 10.3 Å². The SMILES string of the molecule is Cc1nn(C)c2nc(C3CC3)cc(C(=O)NCCc3c[nH]c4ccccc34)c12. The lowest BCUT2D eigenvalue weighted by molar-refractivity contribution is 0.0955. The van der Waals surface area contributed by atoms with Gasteiger partial charge in [0.15, 0.2) is 5.65 Å². The Morgan fingerprint density at radius 3 is 2.96 bits per heavy atom. The van der Waals surface area contributed by atoms with E-state index in [0.29, 0.717) is 18.0 Å². The van der Waals surface area contributed by atoms with Crippen molar-refractivity contribution in [3.05, 3.63) is 59.0 Å². The predicted molar refractivity (Wildman–Crippen MR) is 110 cm³/mol. The van der Waals surface area contributed by atoms with Crippen LogP contribution in [-0.4, -0.2) is 32.2 Å². The van der Waals surface area contributed by atoms with Gasteiger partial charge >= 0.3 is 0 Å². The number of hydrogen-bond acceptors (Lipinski definition) is 3. The Morgan fingerprint density at radius 1 is 1.32 bits per heavy atom. The van der Waals surface area contributed by atoms with Gasteiger partial charge in [0.1, 0.15) is 0 Å². The van der Waals surface area contributed by atoms with Crippen LogP contribution in [0.2, 0.25) is 0 Å². The van der Waals surface area contributed by atoms with E-state index in [2.05, 4.69) is 27.5 Å². The van der Waals surface area contributed by atoms with Gasteiger partial charge in [0.2, 0.25) is 0 Å². The van der Waals surface area contributed by atoms with Crippen molar-refractivity contribution in [2.75, 3.05) is 6.54 Å². The van der Waals surface area contributed by atoms with Crippen LogP contribution in [0.1, 0.15) is 46.1 Å². The minimum absolute atomic E-state index is 0.0507. The zero-order chi connectivity index (χ0) is 19.3. The molecule has 1 aliphatic rings. The molecule has 1 saturated carbocycles. The van der Waals surface area contributed by atoms with Crippen molar-refractivity contribution in [1.82, 2.24) is 25.1 Å². The Balaban J connectivity index is 1.39. The number of rotatable bonds is 5. The van der Waals surface area contributed by atoms with Gasteiger partial charge in [-0.2, -0.15) is 5.10 Å². The first-order valence-electron chi connectivity index (χ1n) is 9.79. The number of nitrogens with one attached hydrogen (secondary N) is 2. The molecule has 0 unspecified atom stereocenters. The monoisotopic (exact) mass is 373 g/mol. The summed E-state index contributed by atoms with van der Waals surface area (Å²) in [6.45, 7) is 2.52. The number of amides is 1. The molecule has 0 atom stereocenters. The first-order chi connectivity index (χ1) is 13.6. The van der Waals surface area contributed by atoms with Gasteiger partial charge in [-0.1, -0.05) is 18.2 Å². The van der Waals surface area contributed by atoms with Crippen LogP contribution in [0.15, 0.2) is 36.5 Å². The number of nitrogens with zero attached hydrogens (tertiary/aromatic N) is 3. The Hall–Kier alpha value is -3.15. The number of benzene rings is 1. The second-order valence-electron chi connectivity index (χ2n) is 7.64. The molecular weight excluding hydrogens is 350 g/mol. The summed E-state index contributed by atoms with van der Waals surface area (Å²) in [5, 5.41) is 9.65. The summed E-state index contributed by atoms with van der Waals surface area (Å²) in [6.07, 6.45) is 5.11. The van der Waals surface area contributed by atoms with Crippen LogP contribution in [-0.2, 0) is 13.5 Å². The second kappa shape index (κ2) is 6.48. The van der Waals surface area contributed by atoms with E-state index >= 15 is 0 Å². The van der Waals surface area contributed by atoms with Crippen molar-refractivity contribution >= 4 is 27.8 Å². The van der Waals surface area contributed by atoms with Gasteiger partial charge in [0.25, 0.3) is 5.91 Å². The summed E-state index contributed by atoms with van der Waals surface area (Å²) in [7, 11) is 1.89. The van der Waals surface area contributed by atoms with Crippen LogP contribution in [0.3, 0.4) is 0 Å². The lowest BCUT2D eigenvalue weighted by Gasteiger charge is -2.09. The predicted octanol–water partition coefficient (Wildman–Crippen LogP) is 3.61. The molecule has 1 aromatic carbocycles. The van der Waals surface area contributed by atoms with E-state index in [9.17, 15) is 4.79 Å². The van der Waals surface area contributed by atoms with Gasteiger partial charge in [0, 0.05) is 42.3 Å².